The molecule has 0 saturated heterocycles. The fourth-order valence-corrected chi connectivity index (χ4v) is 5.42. The molecular weight excluding hydrogens is 415 g/mol. The highest BCUT2D eigenvalue weighted by Gasteiger charge is 2.17. The smallest absolute Gasteiger partial charge is 0.307 e. The zero-order chi connectivity index (χ0) is 23.7. The van der Waals surface area contributed by atoms with Crippen molar-refractivity contribution in [1.82, 2.24) is 0 Å². The topological polar surface area (TPSA) is 35.5 Å². The molecule has 2 unspecified atom stereocenters. The lowest BCUT2D eigenvalue weighted by molar-refractivity contribution is 0.107. The van der Waals surface area contributed by atoms with E-state index in [1.807, 2.05) is 0 Å². The number of rotatable bonds is 26. The van der Waals surface area contributed by atoms with Gasteiger partial charge >= 0.3 is 8.25 Å². The van der Waals surface area contributed by atoms with Crippen molar-refractivity contribution < 1.29 is 13.6 Å². The summed E-state index contributed by atoms with van der Waals surface area (Å²) in [6.07, 6.45) is 27.3. The van der Waals surface area contributed by atoms with Crippen molar-refractivity contribution in [2.45, 2.75) is 181 Å². The van der Waals surface area contributed by atoms with Crippen LogP contribution in [-0.4, -0.2) is 12.2 Å². The molecule has 4 heteroatoms. The van der Waals surface area contributed by atoms with Crippen LogP contribution < -0.4 is 0 Å². The molecule has 0 radical (unpaired) electrons. The van der Waals surface area contributed by atoms with Gasteiger partial charge in [0.25, 0.3) is 0 Å². The predicted octanol–water partition coefficient (Wildman–Crippen LogP) is 10.8. The van der Waals surface area contributed by atoms with Gasteiger partial charge in [0.2, 0.25) is 0 Å². The summed E-state index contributed by atoms with van der Waals surface area (Å²) >= 11 is 0. The zero-order valence-corrected chi connectivity index (χ0v) is 23.4. The van der Waals surface area contributed by atoms with Gasteiger partial charge in [0.05, 0.1) is 12.2 Å². The first-order valence-corrected chi connectivity index (χ1v) is 15.8. The molecule has 0 aromatic carbocycles. The second-order valence-electron chi connectivity index (χ2n) is 9.83. The minimum Gasteiger partial charge on any atom is -0.307 e. The van der Waals surface area contributed by atoms with E-state index in [-0.39, 0.29) is 12.2 Å². The molecule has 0 aliphatic heterocycles. The summed E-state index contributed by atoms with van der Waals surface area (Å²) in [4.78, 5) is 0. The van der Waals surface area contributed by atoms with E-state index in [9.17, 15) is 4.57 Å². The van der Waals surface area contributed by atoms with E-state index in [1.165, 1.54) is 89.9 Å². The summed E-state index contributed by atoms with van der Waals surface area (Å²) in [5, 5.41) is 0. The summed E-state index contributed by atoms with van der Waals surface area (Å²) in [6.45, 7) is 8.96. The van der Waals surface area contributed by atoms with E-state index in [0.717, 1.165) is 51.4 Å². The molecule has 2 atom stereocenters. The Morgan fingerprint density at radius 2 is 0.719 bits per heavy atom. The minimum absolute atomic E-state index is 0.113. The number of unbranched alkanes of at least 4 members (excludes halogenated alkanes) is 14. The van der Waals surface area contributed by atoms with Crippen molar-refractivity contribution in [3.05, 3.63) is 0 Å². The van der Waals surface area contributed by atoms with Crippen molar-refractivity contribution in [3.63, 3.8) is 0 Å². The SMILES string of the molecule is CCCCCCCCCC(CCCC)O[PH](=O)OC(CCCC)CCCCCCCCC. The van der Waals surface area contributed by atoms with Crippen LogP contribution in [-0.2, 0) is 13.6 Å². The molecule has 0 heterocycles. The lowest BCUT2D eigenvalue weighted by Gasteiger charge is -2.21. The maximum absolute atomic E-state index is 12.7. The Hall–Kier alpha value is 0.150. The van der Waals surface area contributed by atoms with Crippen LogP contribution in [0.4, 0.5) is 0 Å². The van der Waals surface area contributed by atoms with Crippen LogP contribution in [0.15, 0.2) is 0 Å². The van der Waals surface area contributed by atoms with Gasteiger partial charge in [-0.05, 0) is 25.7 Å². The fourth-order valence-electron chi connectivity index (χ4n) is 4.35. The summed E-state index contributed by atoms with van der Waals surface area (Å²) in [5.74, 6) is 0. The Labute approximate surface area is 203 Å². The summed E-state index contributed by atoms with van der Waals surface area (Å²) < 4.78 is 24.8. The summed E-state index contributed by atoms with van der Waals surface area (Å²) in [7, 11) is -2.40. The van der Waals surface area contributed by atoms with E-state index >= 15 is 0 Å². The lowest BCUT2D eigenvalue weighted by Crippen LogP contribution is -2.13. The Kier molecular flexibility index (Phi) is 25.9. The molecule has 0 aliphatic rings. The number of hydrogen-bond donors (Lipinski definition) is 0. The van der Waals surface area contributed by atoms with Crippen molar-refractivity contribution in [2.75, 3.05) is 0 Å². The third kappa shape index (κ3) is 22.0. The third-order valence-electron chi connectivity index (χ3n) is 6.54. The van der Waals surface area contributed by atoms with Gasteiger partial charge in [0.1, 0.15) is 0 Å². The van der Waals surface area contributed by atoms with E-state index < -0.39 is 8.25 Å². The van der Waals surface area contributed by atoms with Crippen LogP contribution in [0.1, 0.15) is 169 Å². The Balaban J connectivity index is 4.27. The Morgan fingerprint density at radius 1 is 0.438 bits per heavy atom. The van der Waals surface area contributed by atoms with Gasteiger partial charge in [-0.15, -0.1) is 0 Å². The largest absolute Gasteiger partial charge is 0.319 e. The maximum atomic E-state index is 12.7. The highest BCUT2D eigenvalue weighted by Crippen LogP contribution is 2.34. The quantitative estimate of drug-likeness (QED) is 0.0923. The summed E-state index contributed by atoms with van der Waals surface area (Å²) in [5.41, 5.74) is 0. The molecule has 0 N–H and O–H groups in total. The van der Waals surface area contributed by atoms with Gasteiger partial charge < -0.3 is 9.05 Å². The van der Waals surface area contributed by atoms with E-state index in [2.05, 4.69) is 27.7 Å². The Bertz CT molecular complexity index is 355. The molecule has 0 aromatic rings. The predicted molar refractivity (Wildman–Crippen MR) is 143 cm³/mol. The average molecular weight is 475 g/mol. The number of hydrogen-bond acceptors (Lipinski definition) is 3. The fraction of sp³-hybridized carbons (Fsp3) is 1.00. The monoisotopic (exact) mass is 474 g/mol. The molecule has 0 spiro atoms. The second kappa shape index (κ2) is 25.8. The normalized spacial score (nSPS) is 14.5. The first kappa shape index (κ1) is 32.1. The molecule has 0 aromatic heterocycles. The van der Waals surface area contributed by atoms with Gasteiger partial charge in [-0.3, -0.25) is 4.57 Å². The van der Waals surface area contributed by atoms with Gasteiger partial charge in [0.15, 0.2) is 0 Å². The van der Waals surface area contributed by atoms with Crippen LogP contribution >= 0.6 is 8.25 Å². The summed E-state index contributed by atoms with van der Waals surface area (Å²) in [6, 6.07) is 0. The highest BCUT2D eigenvalue weighted by molar-refractivity contribution is 7.33. The molecule has 0 rings (SSSR count). The molecule has 0 aliphatic carbocycles. The van der Waals surface area contributed by atoms with Crippen LogP contribution in [0, 0.1) is 0 Å². The van der Waals surface area contributed by atoms with Crippen LogP contribution in [0.3, 0.4) is 0 Å². The van der Waals surface area contributed by atoms with E-state index in [4.69, 9.17) is 9.05 Å². The van der Waals surface area contributed by atoms with Crippen molar-refractivity contribution >= 4 is 8.25 Å². The molecule has 3 nitrogen and oxygen atoms in total. The van der Waals surface area contributed by atoms with Gasteiger partial charge in [-0.25, -0.2) is 0 Å². The Morgan fingerprint density at radius 3 is 1.06 bits per heavy atom. The van der Waals surface area contributed by atoms with Crippen LogP contribution in [0.25, 0.3) is 0 Å². The van der Waals surface area contributed by atoms with Crippen LogP contribution in [0.5, 0.6) is 0 Å². The highest BCUT2D eigenvalue weighted by atomic mass is 31.1. The van der Waals surface area contributed by atoms with Gasteiger partial charge in [0, 0.05) is 0 Å². The van der Waals surface area contributed by atoms with Crippen molar-refractivity contribution in [3.8, 4) is 0 Å². The zero-order valence-electron chi connectivity index (χ0n) is 22.4. The molecular formula is C28H59O3P. The average Bonchev–Trinajstić information content (AvgIpc) is 2.79. The molecule has 194 valence electrons. The maximum Gasteiger partial charge on any atom is 0.319 e. The molecule has 0 fully saturated rings. The standard InChI is InChI=1S/C28H59O3P/c1-5-9-13-15-17-19-21-25-27(23-11-7-3)30-32(29)31-28(24-12-8-4)26-22-20-18-16-14-10-6-2/h27-28,32H,5-26H2,1-4H3. The van der Waals surface area contributed by atoms with Crippen molar-refractivity contribution in [1.29, 1.82) is 0 Å². The van der Waals surface area contributed by atoms with E-state index in [1.54, 1.807) is 0 Å². The van der Waals surface area contributed by atoms with Crippen molar-refractivity contribution in [2.24, 2.45) is 0 Å². The third-order valence-corrected chi connectivity index (χ3v) is 7.60. The minimum atomic E-state index is -2.40. The molecule has 0 saturated carbocycles. The first-order chi connectivity index (χ1) is 15.7. The van der Waals surface area contributed by atoms with Crippen LogP contribution in [0.2, 0.25) is 0 Å². The molecule has 32 heavy (non-hydrogen) atoms. The molecule has 0 bridgehead atoms. The molecule has 0 amide bonds. The van der Waals surface area contributed by atoms with Gasteiger partial charge in [-0.1, -0.05) is 143 Å². The lowest BCUT2D eigenvalue weighted by atomic mass is 10.0. The van der Waals surface area contributed by atoms with Gasteiger partial charge in [-0.2, -0.15) is 0 Å². The second-order valence-corrected chi connectivity index (χ2v) is 10.8. The van der Waals surface area contributed by atoms with E-state index in [0.29, 0.717) is 0 Å². The first-order valence-electron chi connectivity index (χ1n) is 14.5.